The molecule has 8 heteroatoms. The molecule has 1 atom stereocenters. The number of amides is 1. The predicted octanol–water partition coefficient (Wildman–Crippen LogP) is 2.34. The van der Waals surface area contributed by atoms with Crippen LogP contribution in [0.1, 0.15) is 22.3 Å². The molecule has 1 aliphatic heterocycles. The third-order valence-corrected chi connectivity index (χ3v) is 5.07. The summed E-state index contributed by atoms with van der Waals surface area (Å²) in [5, 5.41) is 2.92. The first-order valence-electron chi connectivity index (χ1n) is 6.40. The number of ether oxygens (including phenoxy) is 1. The van der Waals surface area contributed by atoms with Crippen molar-refractivity contribution in [3.63, 3.8) is 0 Å². The smallest absolute Gasteiger partial charge is 0.261 e. The maximum atomic E-state index is 12.2. The molecule has 1 heterocycles. The van der Waals surface area contributed by atoms with Gasteiger partial charge in [0, 0.05) is 40.3 Å². The van der Waals surface area contributed by atoms with Crippen LogP contribution in [0.5, 0.6) is 0 Å². The number of halogens is 2. The maximum Gasteiger partial charge on any atom is 0.261 e. The standard InChI is InChI=1S/C13H15Cl2NO4S/c1-8-11(4-10(14)5-12(8)21(15,18)19)13(17)16-6-9-2-3-20-7-9/h4-5,9H,2-3,6-7H2,1H3,(H,16,17). The molecule has 0 spiro atoms. The summed E-state index contributed by atoms with van der Waals surface area (Å²) in [5.74, 6) is -0.0897. The number of hydrogen-bond donors (Lipinski definition) is 1. The average molecular weight is 352 g/mol. The van der Waals surface area contributed by atoms with Crippen LogP contribution >= 0.6 is 22.3 Å². The molecule has 0 radical (unpaired) electrons. The monoisotopic (exact) mass is 351 g/mol. The van der Waals surface area contributed by atoms with Crippen molar-refractivity contribution >= 4 is 37.2 Å². The lowest BCUT2D eigenvalue weighted by atomic mass is 10.1. The van der Waals surface area contributed by atoms with Crippen LogP contribution in [0.15, 0.2) is 17.0 Å². The van der Waals surface area contributed by atoms with Gasteiger partial charge in [-0.25, -0.2) is 8.42 Å². The van der Waals surface area contributed by atoms with Crippen LogP contribution in [0, 0.1) is 12.8 Å². The van der Waals surface area contributed by atoms with Gasteiger partial charge in [0.15, 0.2) is 0 Å². The number of hydrogen-bond acceptors (Lipinski definition) is 4. The molecule has 1 fully saturated rings. The SMILES string of the molecule is Cc1c(C(=O)NCC2CCOC2)cc(Cl)cc1S(=O)(=O)Cl. The van der Waals surface area contributed by atoms with E-state index in [4.69, 9.17) is 27.0 Å². The molecule has 0 bridgehead atoms. The van der Waals surface area contributed by atoms with Crippen molar-refractivity contribution in [2.75, 3.05) is 19.8 Å². The van der Waals surface area contributed by atoms with E-state index in [1.807, 2.05) is 0 Å². The van der Waals surface area contributed by atoms with Crippen LogP contribution < -0.4 is 5.32 Å². The van der Waals surface area contributed by atoms with Crippen molar-refractivity contribution in [1.29, 1.82) is 0 Å². The van der Waals surface area contributed by atoms with Crippen molar-refractivity contribution in [1.82, 2.24) is 5.32 Å². The molecule has 0 aromatic heterocycles. The fourth-order valence-corrected chi connectivity index (χ4v) is 3.73. The van der Waals surface area contributed by atoms with Crippen LogP contribution in [-0.4, -0.2) is 34.1 Å². The molecule has 1 N–H and O–H groups in total. The molecule has 1 amide bonds. The summed E-state index contributed by atoms with van der Waals surface area (Å²) in [5.41, 5.74) is 0.496. The highest BCUT2D eigenvalue weighted by Gasteiger charge is 2.22. The summed E-state index contributed by atoms with van der Waals surface area (Å²) in [6, 6.07) is 2.67. The van der Waals surface area contributed by atoms with E-state index in [0.717, 1.165) is 6.42 Å². The van der Waals surface area contributed by atoms with E-state index in [1.165, 1.54) is 19.1 Å². The largest absolute Gasteiger partial charge is 0.381 e. The Balaban J connectivity index is 2.22. The zero-order valence-corrected chi connectivity index (χ0v) is 13.7. The van der Waals surface area contributed by atoms with E-state index in [-0.39, 0.29) is 32.9 Å². The van der Waals surface area contributed by atoms with E-state index >= 15 is 0 Å². The van der Waals surface area contributed by atoms with Gasteiger partial charge in [0.25, 0.3) is 15.0 Å². The topological polar surface area (TPSA) is 72.5 Å². The highest BCUT2D eigenvalue weighted by Crippen LogP contribution is 2.27. The van der Waals surface area contributed by atoms with Gasteiger partial charge in [0.05, 0.1) is 11.5 Å². The second-order valence-corrected chi connectivity index (χ2v) is 7.92. The molecule has 1 aromatic rings. The van der Waals surface area contributed by atoms with Crippen molar-refractivity contribution in [2.24, 2.45) is 5.92 Å². The lowest BCUT2D eigenvalue weighted by Crippen LogP contribution is -2.30. The van der Waals surface area contributed by atoms with Crippen molar-refractivity contribution in [3.05, 3.63) is 28.3 Å². The minimum absolute atomic E-state index is 0.147. The third kappa shape index (κ3) is 4.10. The van der Waals surface area contributed by atoms with Gasteiger partial charge >= 0.3 is 0 Å². The molecule has 2 rings (SSSR count). The lowest BCUT2D eigenvalue weighted by Gasteiger charge is -2.13. The van der Waals surface area contributed by atoms with Gasteiger partial charge in [-0.1, -0.05) is 11.6 Å². The van der Waals surface area contributed by atoms with E-state index in [9.17, 15) is 13.2 Å². The zero-order chi connectivity index (χ0) is 15.6. The lowest BCUT2D eigenvalue weighted by molar-refractivity contribution is 0.0944. The number of nitrogens with one attached hydrogen (secondary N) is 1. The van der Waals surface area contributed by atoms with Crippen molar-refractivity contribution in [2.45, 2.75) is 18.2 Å². The molecule has 1 aromatic carbocycles. The number of benzene rings is 1. The highest BCUT2D eigenvalue weighted by atomic mass is 35.7. The van der Waals surface area contributed by atoms with Crippen LogP contribution in [0.25, 0.3) is 0 Å². The number of rotatable bonds is 4. The molecule has 5 nitrogen and oxygen atoms in total. The summed E-state index contributed by atoms with van der Waals surface area (Å²) in [6.07, 6.45) is 0.899. The normalized spacial score (nSPS) is 18.7. The van der Waals surface area contributed by atoms with E-state index in [1.54, 1.807) is 0 Å². The molecule has 21 heavy (non-hydrogen) atoms. The molecular formula is C13H15Cl2NO4S. The van der Waals surface area contributed by atoms with Crippen LogP contribution in [0.3, 0.4) is 0 Å². The second-order valence-electron chi connectivity index (χ2n) is 4.95. The Morgan fingerprint density at radius 2 is 2.19 bits per heavy atom. The van der Waals surface area contributed by atoms with Gasteiger partial charge in [-0.15, -0.1) is 0 Å². The summed E-state index contributed by atoms with van der Waals surface area (Å²) in [6.45, 7) is 3.33. The van der Waals surface area contributed by atoms with Crippen LogP contribution in [0.4, 0.5) is 0 Å². The Kier molecular flexibility index (Phi) is 5.14. The predicted molar refractivity (Wildman–Crippen MR) is 80.5 cm³/mol. The Morgan fingerprint density at radius 3 is 2.76 bits per heavy atom. The van der Waals surface area contributed by atoms with Crippen LogP contribution in [0.2, 0.25) is 5.02 Å². The Labute approximate surface area is 133 Å². The first-order valence-corrected chi connectivity index (χ1v) is 9.08. The first kappa shape index (κ1) is 16.5. The van der Waals surface area contributed by atoms with Gasteiger partial charge in [-0.2, -0.15) is 0 Å². The van der Waals surface area contributed by atoms with Gasteiger partial charge in [0.2, 0.25) is 0 Å². The van der Waals surface area contributed by atoms with Crippen molar-refractivity contribution in [3.8, 4) is 0 Å². The molecule has 1 aliphatic rings. The van der Waals surface area contributed by atoms with Crippen molar-refractivity contribution < 1.29 is 17.9 Å². The quantitative estimate of drug-likeness (QED) is 0.845. The average Bonchev–Trinajstić information content (AvgIpc) is 2.90. The second kappa shape index (κ2) is 6.52. The summed E-state index contributed by atoms with van der Waals surface area (Å²) in [7, 11) is 1.40. The van der Waals surface area contributed by atoms with E-state index in [2.05, 4.69) is 5.32 Å². The molecule has 0 saturated carbocycles. The highest BCUT2D eigenvalue weighted by molar-refractivity contribution is 8.13. The number of carbonyl (C=O) groups excluding carboxylic acids is 1. The van der Waals surface area contributed by atoms with Gasteiger partial charge in [-0.05, 0) is 31.0 Å². The fraction of sp³-hybridized carbons (Fsp3) is 0.462. The first-order chi connectivity index (χ1) is 9.79. The van der Waals surface area contributed by atoms with E-state index < -0.39 is 9.05 Å². The fourth-order valence-electron chi connectivity index (χ4n) is 2.22. The minimum atomic E-state index is -3.95. The molecule has 1 unspecified atom stereocenters. The maximum absolute atomic E-state index is 12.2. The number of carbonyl (C=O) groups is 1. The summed E-state index contributed by atoms with van der Waals surface area (Å²) < 4.78 is 28.2. The Hall–Kier alpha value is -0.820. The van der Waals surface area contributed by atoms with E-state index in [0.29, 0.717) is 19.8 Å². The molecule has 0 aliphatic carbocycles. The molecular weight excluding hydrogens is 337 g/mol. The molecule has 1 saturated heterocycles. The van der Waals surface area contributed by atoms with Gasteiger partial charge < -0.3 is 10.1 Å². The third-order valence-electron chi connectivity index (χ3n) is 3.41. The summed E-state index contributed by atoms with van der Waals surface area (Å²) in [4.78, 5) is 12.1. The zero-order valence-electron chi connectivity index (χ0n) is 11.4. The van der Waals surface area contributed by atoms with Gasteiger partial charge in [-0.3, -0.25) is 4.79 Å². The molecule has 116 valence electrons. The Bertz CT molecular complexity index is 654. The summed E-state index contributed by atoms with van der Waals surface area (Å²) >= 11 is 5.88. The van der Waals surface area contributed by atoms with Gasteiger partial charge in [0.1, 0.15) is 0 Å². The van der Waals surface area contributed by atoms with Crippen LogP contribution in [-0.2, 0) is 13.8 Å². The minimum Gasteiger partial charge on any atom is -0.381 e. The Morgan fingerprint density at radius 1 is 1.48 bits per heavy atom.